The van der Waals surface area contributed by atoms with Crippen molar-refractivity contribution in [3.8, 4) is 10.7 Å². The molecule has 4 saturated carbocycles. The quantitative estimate of drug-likeness (QED) is 0.318. The van der Waals surface area contributed by atoms with E-state index in [1.807, 2.05) is 41.8 Å². The van der Waals surface area contributed by atoms with Gasteiger partial charge in [0.2, 0.25) is 5.91 Å². The summed E-state index contributed by atoms with van der Waals surface area (Å²) in [6.45, 7) is 0. The zero-order chi connectivity index (χ0) is 22.0. The summed E-state index contributed by atoms with van der Waals surface area (Å²) in [5.74, 6) is 3.60. The molecule has 168 valence electrons. The number of aromatic nitrogens is 4. The van der Waals surface area contributed by atoms with Crippen LogP contribution in [0.3, 0.4) is 0 Å². The second kappa shape index (κ2) is 7.53. The number of para-hydroxylation sites is 1. The zero-order valence-electron chi connectivity index (χ0n) is 18.2. The van der Waals surface area contributed by atoms with Gasteiger partial charge in [-0.15, -0.1) is 16.4 Å². The number of carbonyl (C=O) groups excluding carboxylic acids is 1. The van der Waals surface area contributed by atoms with E-state index in [0.29, 0.717) is 16.7 Å². The molecule has 0 unspecified atom stereocenters. The predicted molar refractivity (Wildman–Crippen MR) is 131 cm³/mol. The second-order valence-corrected chi connectivity index (χ2v) is 12.0. The van der Waals surface area contributed by atoms with E-state index in [0.717, 1.165) is 39.2 Å². The summed E-state index contributed by atoms with van der Waals surface area (Å²) >= 11 is 3.07. The maximum absolute atomic E-state index is 13.1. The molecule has 1 aromatic carbocycles. The molecule has 0 saturated heterocycles. The van der Waals surface area contributed by atoms with Crippen LogP contribution in [0.4, 0.5) is 0 Å². The lowest BCUT2D eigenvalue weighted by Gasteiger charge is -2.56. The second-order valence-electron chi connectivity index (χ2n) is 10.1. The van der Waals surface area contributed by atoms with Gasteiger partial charge in [0.15, 0.2) is 16.6 Å². The summed E-state index contributed by atoms with van der Waals surface area (Å²) in [7, 11) is 0. The topological polar surface area (TPSA) is 72.2 Å². The van der Waals surface area contributed by atoms with Crippen molar-refractivity contribution in [2.45, 2.75) is 49.2 Å². The Labute approximate surface area is 200 Å². The average molecular weight is 476 g/mol. The summed E-state index contributed by atoms with van der Waals surface area (Å²) in [5.41, 5.74) is 1.70. The van der Waals surface area contributed by atoms with Crippen molar-refractivity contribution in [2.24, 2.45) is 17.8 Å². The average Bonchev–Trinajstić information content (AvgIpc) is 3.46. The first kappa shape index (κ1) is 20.0. The van der Waals surface area contributed by atoms with Gasteiger partial charge >= 0.3 is 0 Å². The molecule has 0 spiro atoms. The van der Waals surface area contributed by atoms with Crippen LogP contribution in [0.1, 0.15) is 38.5 Å². The maximum atomic E-state index is 13.1. The monoisotopic (exact) mass is 475 g/mol. The van der Waals surface area contributed by atoms with Crippen molar-refractivity contribution < 1.29 is 4.79 Å². The lowest BCUT2D eigenvalue weighted by molar-refractivity contribution is -0.124. The third-order valence-corrected chi connectivity index (χ3v) is 9.46. The fourth-order valence-corrected chi connectivity index (χ4v) is 8.26. The number of carbonyl (C=O) groups is 1. The molecule has 33 heavy (non-hydrogen) atoms. The standard InChI is InChI=1S/C25H25N5OS2/c31-21(28-25-11-15-8-16(12-25)10-17(9-15)13-25)14-33-24-26-19-5-2-1-4-18(19)23-27-22(29-30(23)24)20-6-3-7-32-20/h1-7,15-17H,8-14H2,(H,28,31). The van der Waals surface area contributed by atoms with Crippen LogP contribution in [-0.4, -0.2) is 36.8 Å². The van der Waals surface area contributed by atoms with Gasteiger partial charge in [-0.2, -0.15) is 4.52 Å². The van der Waals surface area contributed by atoms with E-state index in [2.05, 4.69) is 5.32 Å². The molecule has 6 nitrogen and oxygen atoms in total. The van der Waals surface area contributed by atoms with Crippen molar-refractivity contribution in [1.82, 2.24) is 24.9 Å². The fraction of sp³-hybridized carbons (Fsp3) is 0.440. The van der Waals surface area contributed by atoms with Crippen LogP contribution in [0.5, 0.6) is 0 Å². The van der Waals surface area contributed by atoms with E-state index in [4.69, 9.17) is 15.1 Å². The summed E-state index contributed by atoms with van der Waals surface area (Å²) in [4.78, 5) is 23.8. The lowest BCUT2D eigenvalue weighted by Crippen LogP contribution is -2.60. The third-order valence-electron chi connectivity index (χ3n) is 7.67. The molecule has 1 N–H and O–H groups in total. The number of hydrogen-bond acceptors (Lipinski definition) is 6. The Kier molecular flexibility index (Phi) is 4.56. The Bertz CT molecular complexity index is 1330. The number of hydrogen-bond donors (Lipinski definition) is 1. The predicted octanol–water partition coefficient (Wildman–Crippen LogP) is 5.18. The lowest BCUT2D eigenvalue weighted by atomic mass is 9.53. The normalized spacial score (nSPS) is 28.1. The molecule has 1 amide bonds. The van der Waals surface area contributed by atoms with Crippen LogP contribution in [-0.2, 0) is 4.79 Å². The molecule has 8 rings (SSSR count). The van der Waals surface area contributed by atoms with Gasteiger partial charge < -0.3 is 5.32 Å². The first-order chi connectivity index (χ1) is 16.1. The molecule has 4 aliphatic carbocycles. The van der Waals surface area contributed by atoms with Crippen molar-refractivity contribution in [1.29, 1.82) is 0 Å². The Hall–Kier alpha value is -2.45. The third kappa shape index (κ3) is 3.46. The fourth-order valence-electron chi connectivity index (χ4n) is 6.86. The first-order valence-electron chi connectivity index (χ1n) is 11.8. The van der Waals surface area contributed by atoms with E-state index < -0.39 is 0 Å². The Morgan fingerprint density at radius 2 is 1.82 bits per heavy atom. The van der Waals surface area contributed by atoms with E-state index in [1.54, 1.807) is 15.9 Å². The Balaban J connectivity index is 1.17. The molecule has 0 radical (unpaired) electrons. The minimum absolute atomic E-state index is 0.0398. The highest BCUT2D eigenvalue weighted by molar-refractivity contribution is 7.99. The maximum Gasteiger partial charge on any atom is 0.230 e. The minimum Gasteiger partial charge on any atom is -0.350 e. The molecule has 4 aromatic rings. The summed E-state index contributed by atoms with van der Waals surface area (Å²) in [5, 5.41) is 11.9. The van der Waals surface area contributed by atoms with Crippen LogP contribution in [0.2, 0.25) is 0 Å². The highest BCUT2D eigenvalue weighted by atomic mass is 32.2. The molecular formula is C25H25N5OS2. The molecule has 8 heteroatoms. The number of thioether (sulfide) groups is 1. The van der Waals surface area contributed by atoms with Crippen LogP contribution >= 0.6 is 23.1 Å². The van der Waals surface area contributed by atoms with E-state index >= 15 is 0 Å². The molecule has 4 bridgehead atoms. The summed E-state index contributed by atoms with van der Waals surface area (Å²) in [6.07, 6.45) is 7.63. The number of fused-ring (bicyclic) bond motifs is 3. The minimum atomic E-state index is 0.0398. The van der Waals surface area contributed by atoms with Crippen LogP contribution in [0.15, 0.2) is 46.9 Å². The number of amides is 1. The first-order valence-corrected chi connectivity index (χ1v) is 13.6. The van der Waals surface area contributed by atoms with Gasteiger partial charge in [-0.3, -0.25) is 4.79 Å². The molecule has 0 aliphatic heterocycles. The van der Waals surface area contributed by atoms with Gasteiger partial charge in [0.25, 0.3) is 0 Å². The molecule has 4 aliphatic rings. The van der Waals surface area contributed by atoms with Gasteiger partial charge in [0.05, 0.1) is 16.1 Å². The van der Waals surface area contributed by atoms with Gasteiger partial charge in [-0.25, -0.2) is 9.97 Å². The number of rotatable bonds is 5. The highest BCUT2D eigenvalue weighted by Crippen LogP contribution is 2.55. The smallest absolute Gasteiger partial charge is 0.230 e. The molecule has 3 heterocycles. The van der Waals surface area contributed by atoms with E-state index in [-0.39, 0.29) is 11.4 Å². The van der Waals surface area contributed by atoms with Gasteiger partial charge in [0, 0.05) is 10.9 Å². The number of nitrogens with one attached hydrogen (secondary N) is 1. The van der Waals surface area contributed by atoms with Crippen LogP contribution in [0.25, 0.3) is 27.3 Å². The molecule has 3 aromatic heterocycles. The zero-order valence-corrected chi connectivity index (χ0v) is 19.9. The number of thiophene rings is 1. The van der Waals surface area contributed by atoms with Gasteiger partial charge in [0.1, 0.15) is 0 Å². The van der Waals surface area contributed by atoms with Crippen molar-refractivity contribution >= 4 is 45.6 Å². The van der Waals surface area contributed by atoms with Crippen LogP contribution in [0, 0.1) is 17.8 Å². The molecule has 4 fully saturated rings. The van der Waals surface area contributed by atoms with Crippen molar-refractivity contribution in [3.05, 3.63) is 41.8 Å². The van der Waals surface area contributed by atoms with Crippen molar-refractivity contribution in [2.75, 3.05) is 5.75 Å². The van der Waals surface area contributed by atoms with E-state index in [1.165, 1.54) is 50.3 Å². The van der Waals surface area contributed by atoms with Gasteiger partial charge in [-0.1, -0.05) is 30.0 Å². The summed E-state index contributed by atoms with van der Waals surface area (Å²) in [6, 6.07) is 12.0. The Morgan fingerprint density at radius 3 is 2.55 bits per heavy atom. The Morgan fingerprint density at radius 1 is 1.06 bits per heavy atom. The largest absolute Gasteiger partial charge is 0.350 e. The molecular weight excluding hydrogens is 450 g/mol. The highest BCUT2D eigenvalue weighted by Gasteiger charge is 2.51. The summed E-state index contributed by atoms with van der Waals surface area (Å²) < 4.78 is 1.81. The van der Waals surface area contributed by atoms with Crippen LogP contribution < -0.4 is 5.32 Å². The molecule has 0 atom stereocenters. The SMILES string of the molecule is O=C(CSc1nc2ccccc2c2nc(-c3cccs3)nn12)NC12CC3CC(CC(C3)C1)C2. The number of nitrogens with zero attached hydrogens (tertiary/aromatic N) is 4. The van der Waals surface area contributed by atoms with E-state index in [9.17, 15) is 4.79 Å². The van der Waals surface area contributed by atoms with Gasteiger partial charge in [-0.05, 0) is 79.9 Å². The van der Waals surface area contributed by atoms with Crippen molar-refractivity contribution in [3.63, 3.8) is 0 Å². The number of benzene rings is 1.